The van der Waals surface area contributed by atoms with Crippen LogP contribution in [0.25, 0.3) is 0 Å². The number of aliphatic hydroxyl groups is 3. The number of hydrogen-bond acceptors (Lipinski definition) is 7. The van der Waals surface area contributed by atoms with Crippen LogP contribution < -0.4 is 0 Å². The van der Waals surface area contributed by atoms with Crippen LogP contribution in [0.5, 0.6) is 0 Å². The molecule has 2 atom stereocenters. The summed E-state index contributed by atoms with van der Waals surface area (Å²) in [5, 5.41) is 68.0. The molecule has 7 nitrogen and oxygen atoms in total. The van der Waals surface area contributed by atoms with Gasteiger partial charge in [-0.15, -0.1) is 0 Å². The summed E-state index contributed by atoms with van der Waals surface area (Å²) >= 11 is 0. The first-order valence-corrected chi connectivity index (χ1v) is 5.65. The van der Waals surface area contributed by atoms with E-state index in [0.29, 0.717) is 6.42 Å². The second-order valence-electron chi connectivity index (χ2n) is 5.04. The summed E-state index contributed by atoms with van der Waals surface area (Å²) < 4.78 is 0. The minimum Gasteiger partial charge on any atom is -0.381 e. The van der Waals surface area contributed by atoms with Crippen molar-refractivity contribution in [3.63, 3.8) is 0 Å². The normalized spacial score (nSPS) is 36.3. The van der Waals surface area contributed by atoms with Gasteiger partial charge in [-0.05, 0) is 19.3 Å². The number of rotatable bonds is 0. The minimum atomic E-state index is -2.82. The summed E-state index contributed by atoms with van der Waals surface area (Å²) in [4.78, 5) is 0. The fraction of sp³-hybridized carbons (Fsp3) is 0.667. The highest BCUT2D eigenvalue weighted by Gasteiger charge is 2.86. The fourth-order valence-electron chi connectivity index (χ4n) is 3.54. The van der Waals surface area contributed by atoms with E-state index in [2.05, 4.69) is 0 Å². The molecule has 0 heterocycles. The lowest BCUT2D eigenvalue weighted by Crippen LogP contribution is -2.61. The maximum atomic E-state index is 10.5. The molecule has 2 saturated carbocycles. The highest BCUT2D eigenvalue weighted by molar-refractivity contribution is 5.48. The van der Waals surface area contributed by atoms with Gasteiger partial charge in [0, 0.05) is 0 Å². The number of hydrogen-bond donors (Lipinski definition) is 3. The molecule has 0 aliphatic heterocycles. The Balaban J connectivity index is 2.93. The van der Waals surface area contributed by atoms with Crippen molar-refractivity contribution in [1.29, 1.82) is 21.0 Å². The lowest BCUT2D eigenvalue weighted by atomic mass is 9.62. The van der Waals surface area contributed by atoms with Crippen LogP contribution >= 0.6 is 0 Å². The topological polar surface area (TPSA) is 156 Å². The predicted octanol–water partition coefficient (Wildman–Crippen LogP) is -0.721. The molecular weight excluding hydrogens is 248 g/mol. The molecule has 0 spiro atoms. The Labute approximate surface area is 109 Å². The average Bonchev–Trinajstić information content (AvgIpc) is 2.48. The van der Waals surface area contributed by atoms with Gasteiger partial charge in [0.2, 0.25) is 11.2 Å². The molecule has 0 aromatic heterocycles. The van der Waals surface area contributed by atoms with E-state index in [9.17, 15) is 36.4 Å². The summed E-state index contributed by atoms with van der Waals surface area (Å²) in [7, 11) is 0. The van der Waals surface area contributed by atoms with E-state index in [1.54, 1.807) is 12.1 Å². The largest absolute Gasteiger partial charge is 0.381 e. The first-order valence-electron chi connectivity index (χ1n) is 5.65. The van der Waals surface area contributed by atoms with Gasteiger partial charge in [-0.2, -0.15) is 21.0 Å². The summed E-state index contributed by atoms with van der Waals surface area (Å²) in [5.74, 6) is -4.18. The summed E-state index contributed by atoms with van der Waals surface area (Å²) in [6, 6.07) is 6.19. The first kappa shape index (κ1) is 13.3. The number of nitrogens with zero attached hydrogens (tertiary/aromatic N) is 4. The third-order valence-electron chi connectivity index (χ3n) is 4.55. The molecule has 96 valence electrons. The Morgan fingerprint density at radius 1 is 0.895 bits per heavy atom. The quantitative estimate of drug-likeness (QED) is 0.484. The summed E-state index contributed by atoms with van der Waals surface area (Å²) in [5.41, 5.74) is -7.28. The van der Waals surface area contributed by atoms with Crippen LogP contribution in [0.4, 0.5) is 0 Å². The van der Waals surface area contributed by atoms with Gasteiger partial charge in [0.15, 0.2) is 11.0 Å². The van der Waals surface area contributed by atoms with Gasteiger partial charge in [0.05, 0.1) is 30.2 Å². The van der Waals surface area contributed by atoms with Crippen LogP contribution in [0.3, 0.4) is 0 Å². The van der Waals surface area contributed by atoms with Crippen molar-refractivity contribution in [2.24, 2.45) is 16.7 Å². The predicted molar refractivity (Wildman–Crippen MR) is 56.8 cm³/mol. The molecule has 2 rings (SSSR count). The second kappa shape index (κ2) is 3.44. The van der Waals surface area contributed by atoms with Crippen molar-refractivity contribution >= 4 is 0 Å². The Bertz CT molecular complexity index is 572. The number of fused-ring (bicyclic) bond motifs is 2. The van der Waals surface area contributed by atoms with Gasteiger partial charge in [-0.1, -0.05) is 0 Å². The van der Waals surface area contributed by atoms with Crippen LogP contribution in [-0.4, -0.2) is 26.7 Å². The van der Waals surface area contributed by atoms with Crippen LogP contribution in [0.15, 0.2) is 0 Å². The molecule has 0 radical (unpaired) electrons. The molecule has 3 N–H and O–H groups in total. The maximum Gasteiger partial charge on any atom is 0.209 e. The Morgan fingerprint density at radius 3 is 1.84 bits per heavy atom. The zero-order valence-corrected chi connectivity index (χ0v) is 9.83. The number of nitriles is 4. The molecule has 19 heavy (non-hydrogen) atoms. The second-order valence-corrected chi connectivity index (χ2v) is 5.04. The van der Waals surface area contributed by atoms with E-state index in [0.717, 1.165) is 0 Å². The minimum absolute atomic E-state index is 0.0710. The van der Waals surface area contributed by atoms with Gasteiger partial charge in [-0.3, -0.25) is 0 Å². The maximum absolute atomic E-state index is 10.5. The van der Waals surface area contributed by atoms with Crippen LogP contribution in [-0.2, 0) is 0 Å². The molecule has 0 saturated heterocycles. The molecule has 2 aliphatic rings. The van der Waals surface area contributed by atoms with E-state index in [-0.39, 0.29) is 12.8 Å². The molecule has 0 aromatic carbocycles. The molecule has 0 amide bonds. The van der Waals surface area contributed by atoms with E-state index < -0.39 is 28.1 Å². The van der Waals surface area contributed by atoms with E-state index in [4.69, 9.17) is 0 Å². The zero-order chi connectivity index (χ0) is 14.5. The SMILES string of the molecule is N#CC1(C#N)C2CCCC(O)(C2(O)O)C1(C#N)C#N. The first-order chi connectivity index (χ1) is 8.83. The van der Waals surface area contributed by atoms with Gasteiger partial charge in [-0.25, -0.2) is 0 Å². The smallest absolute Gasteiger partial charge is 0.209 e. The van der Waals surface area contributed by atoms with Crippen LogP contribution in [0, 0.1) is 62.1 Å². The zero-order valence-electron chi connectivity index (χ0n) is 9.83. The van der Waals surface area contributed by atoms with E-state index in [1.165, 1.54) is 12.1 Å². The Hall–Kier alpha value is -2.16. The molecule has 2 unspecified atom stereocenters. The van der Waals surface area contributed by atoms with Gasteiger partial charge in [0.25, 0.3) is 0 Å². The fourth-order valence-corrected chi connectivity index (χ4v) is 3.54. The monoisotopic (exact) mass is 258 g/mol. The summed E-state index contributed by atoms with van der Waals surface area (Å²) in [6.45, 7) is 0. The molecule has 0 aromatic rings. The van der Waals surface area contributed by atoms with E-state index in [1.807, 2.05) is 0 Å². The van der Waals surface area contributed by atoms with Crippen molar-refractivity contribution in [1.82, 2.24) is 0 Å². The van der Waals surface area contributed by atoms with Crippen molar-refractivity contribution in [3.8, 4) is 24.3 Å². The molecule has 2 aliphatic carbocycles. The lowest BCUT2D eigenvalue weighted by Gasteiger charge is -2.42. The van der Waals surface area contributed by atoms with Crippen molar-refractivity contribution in [3.05, 3.63) is 0 Å². The Kier molecular flexibility index (Phi) is 2.40. The van der Waals surface area contributed by atoms with Crippen molar-refractivity contribution in [2.75, 3.05) is 0 Å². The molecule has 2 bridgehead atoms. The molecule has 7 heteroatoms. The van der Waals surface area contributed by atoms with Gasteiger partial charge < -0.3 is 15.3 Å². The third-order valence-corrected chi connectivity index (χ3v) is 4.55. The highest BCUT2D eigenvalue weighted by Crippen LogP contribution is 2.68. The third kappa shape index (κ3) is 0.973. The van der Waals surface area contributed by atoms with Crippen molar-refractivity contribution < 1.29 is 15.3 Å². The van der Waals surface area contributed by atoms with Crippen LogP contribution in [0.2, 0.25) is 0 Å². The lowest BCUT2D eigenvalue weighted by molar-refractivity contribution is -0.302. The van der Waals surface area contributed by atoms with E-state index >= 15 is 0 Å². The molecular formula is C12H10N4O3. The highest BCUT2D eigenvalue weighted by atomic mass is 16.5. The standard InChI is InChI=1S/C12H10N4O3/c13-4-9(5-14)8-2-1-3-11(17,12(8,18)19)10(9,6-15)7-16/h8,17-19H,1-3H2. The van der Waals surface area contributed by atoms with Gasteiger partial charge in [0.1, 0.15) is 0 Å². The van der Waals surface area contributed by atoms with Crippen LogP contribution in [0.1, 0.15) is 19.3 Å². The summed E-state index contributed by atoms with van der Waals surface area (Å²) in [6.07, 6.45) is 0.129. The van der Waals surface area contributed by atoms with Gasteiger partial charge >= 0.3 is 0 Å². The van der Waals surface area contributed by atoms with Crippen molar-refractivity contribution in [2.45, 2.75) is 30.7 Å². The average molecular weight is 258 g/mol. The Morgan fingerprint density at radius 2 is 1.42 bits per heavy atom. The molecule has 2 fully saturated rings.